The van der Waals surface area contributed by atoms with E-state index in [1.165, 1.54) is 16.4 Å². The molecule has 0 aromatic heterocycles. The first-order valence-corrected chi connectivity index (χ1v) is 10.9. The maximum atomic E-state index is 12.7. The van der Waals surface area contributed by atoms with Crippen molar-refractivity contribution in [2.75, 3.05) is 32.8 Å². The first-order chi connectivity index (χ1) is 12.5. The number of sulfonamides is 1. The van der Waals surface area contributed by atoms with Gasteiger partial charge < -0.3 is 10.1 Å². The van der Waals surface area contributed by atoms with Gasteiger partial charge in [-0.25, -0.2) is 8.42 Å². The van der Waals surface area contributed by atoms with E-state index < -0.39 is 10.0 Å². The third-order valence-corrected chi connectivity index (χ3v) is 6.69. The zero-order valence-corrected chi connectivity index (χ0v) is 16.6. The molecular formula is C19H30N2O4S. The van der Waals surface area contributed by atoms with Crippen LogP contribution >= 0.6 is 0 Å². The highest BCUT2D eigenvalue weighted by molar-refractivity contribution is 7.89. The van der Waals surface area contributed by atoms with Crippen LogP contribution in [0.5, 0.6) is 0 Å². The number of unbranched alkanes of at least 4 members (excludes halogenated alkanes) is 1. The first-order valence-electron chi connectivity index (χ1n) is 9.45. The van der Waals surface area contributed by atoms with Crippen molar-refractivity contribution in [1.82, 2.24) is 9.62 Å². The molecule has 0 spiro atoms. The van der Waals surface area contributed by atoms with E-state index >= 15 is 0 Å². The van der Waals surface area contributed by atoms with E-state index in [2.05, 4.69) is 19.2 Å². The molecule has 26 heavy (non-hydrogen) atoms. The Morgan fingerprint density at radius 3 is 2.65 bits per heavy atom. The topological polar surface area (TPSA) is 75.7 Å². The number of hydrogen-bond donors (Lipinski definition) is 1. The second kappa shape index (κ2) is 10.0. The number of amides is 1. The molecule has 1 aromatic carbocycles. The molecule has 6 nitrogen and oxygen atoms in total. The molecule has 0 bridgehead atoms. The van der Waals surface area contributed by atoms with Crippen LogP contribution in [0.1, 0.15) is 49.9 Å². The number of nitrogens with one attached hydrogen (secondary N) is 1. The van der Waals surface area contributed by atoms with Crippen molar-refractivity contribution in [3.05, 3.63) is 29.8 Å². The molecule has 2 rings (SSSR count). The maximum Gasteiger partial charge on any atom is 0.251 e. The summed E-state index contributed by atoms with van der Waals surface area (Å²) in [5.74, 6) is 0.234. The van der Waals surface area contributed by atoms with E-state index in [4.69, 9.17) is 4.74 Å². The smallest absolute Gasteiger partial charge is 0.251 e. The molecule has 146 valence electrons. The van der Waals surface area contributed by atoms with E-state index in [9.17, 15) is 13.2 Å². The minimum absolute atomic E-state index is 0.157. The fourth-order valence-corrected chi connectivity index (χ4v) is 4.47. The highest BCUT2D eigenvalue weighted by Crippen LogP contribution is 2.18. The summed E-state index contributed by atoms with van der Waals surface area (Å²) < 4.78 is 32.1. The lowest BCUT2D eigenvalue weighted by Gasteiger charge is -2.26. The molecule has 1 aliphatic rings. The van der Waals surface area contributed by atoms with Crippen LogP contribution in [0.25, 0.3) is 0 Å². The number of carbonyl (C=O) groups excluding carboxylic acids is 1. The summed E-state index contributed by atoms with van der Waals surface area (Å²) in [4.78, 5) is 12.6. The Kier molecular flexibility index (Phi) is 8.06. The van der Waals surface area contributed by atoms with Gasteiger partial charge in [-0.3, -0.25) is 4.79 Å². The van der Waals surface area contributed by atoms with Crippen LogP contribution < -0.4 is 5.32 Å². The summed E-state index contributed by atoms with van der Waals surface area (Å²) in [6.07, 6.45) is 4.41. The van der Waals surface area contributed by atoms with Crippen molar-refractivity contribution in [1.29, 1.82) is 0 Å². The first kappa shape index (κ1) is 20.9. The van der Waals surface area contributed by atoms with Crippen LogP contribution in [-0.2, 0) is 14.8 Å². The number of rotatable bonds is 9. The second-order valence-electron chi connectivity index (χ2n) is 6.67. The molecule has 0 radical (unpaired) electrons. The molecule has 1 aromatic rings. The minimum Gasteiger partial charge on any atom is -0.379 e. The predicted octanol–water partition coefficient (Wildman–Crippen LogP) is 2.65. The molecule has 1 heterocycles. The van der Waals surface area contributed by atoms with Gasteiger partial charge in [0.15, 0.2) is 0 Å². The zero-order valence-electron chi connectivity index (χ0n) is 15.7. The van der Waals surface area contributed by atoms with Crippen molar-refractivity contribution >= 4 is 15.9 Å². The van der Waals surface area contributed by atoms with E-state index in [0.717, 1.165) is 25.7 Å². The fraction of sp³-hybridized carbons (Fsp3) is 0.632. The second-order valence-corrected chi connectivity index (χ2v) is 8.61. The van der Waals surface area contributed by atoms with Gasteiger partial charge in [-0.2, -0.15) is 4.31 Å². The fourth-order valence-electron chi connectivity index (χ4n) is 3.02. The number of morpholine rings is 1. The Bertz CT molecular complexity index is 685. The van der Waals surface area contributed by atoms with E-state index in [-0.39, 0.29) is 10.8 Å². The summed E-state index contributed by atoms with van der Waals surface area (Å²) >= 11 is 0. The number of nitrogens with zero attached hydrogens (tertiary/aromatic N) is 1. The molecule has 0 unspecified atom stereocenters. The molecule has 1 saturated heterocycles. The Hall–Kier alpha value is -1.44. The van der Waals surface area contributed by atoms with Gasteiger partial charge in [-0.1, -0.05) is 39.2 Å². The van der Waals surface area contributed by atoms with Crippen molar-refractivity contribution in [2.45, 2.75) is 44.4 Å². The molecule has 1 aliphatic heterocycles. The number of ether oxygens (including phenoxy) is 1. The molecule has 1 fully saturated rings. The largest absolute Gasteiger partial charge is 0.379 e. The lowest BCUT2D eigenvalue weighted by atomic mass is 9.99. The Balaban J connectivity index is 2.04. The van der Waals surface area contributed by atoms with E-state index in [1.54, 1.807) is 12.1 Å². The van der Waals surface area contributed by atoms with Crippen LogP contribution in [0.15, 0.2) is 29.2 Å². The molecule has 1 amide bonds. The molecule has 1 atom stereocenters. The quantitative estimate of drug-likeness (QED) is 0.712. The molecular weight excluding hydrogens is 352 g/mol. The number of carbonyl (C=O) groups is 1. The molecule has 0 saturated carbocycles. The summed E-state index contributed by atoms with van der Waals surface area (Å²) in [7, 11) is -3.59. The van der Waals surface area contributed by atoms with Gasteiger partial charge in [-0.05, 0) is 30.5 Å². The Labute approximate surface area is 157 Å². The van der Waals surface area contributed by atoms with Crippen molar-refractivity contribution in [3.63, 3.8) is 0 Å². The Morgan fingerprint density at radius 2 is 2.00 bits per heavy atom. The van der Waals surface area contributed by atoms with Crippen molar-refractivity contribution in [3.8, 4) is 0 Å². The molecule has 7 heteroatoms. The number of benzene rings is 1. The normalized spacial score (nSPS) is 17.0. The van der Waals surface area contributed by atoms with Crippen LogP contribution in [0.4, 0.5) is 0 Å². The average molecular weight is 383 g/mol. The third kappa shape index (κ3) is 5.53. The monoisotopic (exact) mass is 382 g/mol. The van der Waals surface area contributed by atoms with Crippen molar-refractivity contribution in [2.24, 2.45) is 5.92 Å². The van der Waals surface area contributed by atoms with Crippen molar-refractivity contribution < 1.29 is 17.9 Å². The van der Waals surface area contributed by atoms with Gasteiger partial charge in [-0.15, -0.1) is 0 Å². The zero-order chi connectivity index (χ0) is 19.0. The van der Waals surface area contributed by atoms with E-state index in [1.807, 2.05) is 0 Å². The van der Waals surface area contributed by atoms with Crippen LogP contribution in [0.3, 0.4) is 0 Å². The lowest BCUT2D eigenvalue weighted by Crippen LogP contribution is -2.40. The minimum atomic E-state index is -3.59. The summed E-state index contributed by atoms with van der Waals surface area (Å²) in [5, 5.41) is 2.95. The van der Waals surface area contributed by atoms with Crippen LogP contribution in [0, 0.1) is 5.92 Å². The summed E-state index contributed by atoms with van der Waals surface area (Å²) in [6, 6.07) is 6.28. The molecule has 0 aliphatic carbocycles. The maximum absolute atomic E-state index is 12.7. The summed E-state index contributed by atoms with van der Waals surface area (Å²) in [6.45, 7) is 6.39. The average Bonchev–Trinajstić information content (AvgIpc) is 2.68. The van der Waals surface area contributed by atoms with E-state index in [0.29, 0.717) is 44.3 Å². The molecule has 1 N–H and O–H groups in total. The Morgan fingerprint density at radius 1 is 1.27 bits per heavy atom. The number of hydrogen-bond acceptors (Lipinski definition) is 4. The van der Waals surface area contributed by atoms with Crippen LogP contribution in [0.2, 0.25) is 0 Å². The lowest BCUT2D eigenvalue weighted by molar-refractivity contribution is 0.0730. The third-order valence-electron chi connectivity index (χ3n) is 4.80. The van der Waals surface area contributed by atoms with Gasteiger partial charge >= 0.3 is 0 Å². The SMILES string of the molecule is CCCC[C@@H](CC)CNC(=O)c1cccc(S(=O)(=O)N2CCOCC2)c1. The summed E-state index contributed by atoms with van der Waals surface area (Å²) in [5.41, 5.74) is 0.379. The van der Waals surface area contributed by atoms with Gasteiger partial charge in [0.1, 0.15) is 0 Å². The highest BCUT2D eigenvalue weighted by atomic mass is 32.2. The highest BCUT2D eigenvalue weighted by Gasteiger charge is 2.26. The van der Waals surface area contributed by atoms with Gasteiger partial charge in [0, 0.05) is 25.2 Å². The van der Waals surface area contributed by atoms with Gasteiger partial charge in [0.2, 0.25) is 10.0 Å². The predicted molar refractivity (Wildman–Crippen MR) is 102 cm³/mol. The van der Waals surface area contributed by atoms with Crippen LogP contribution in [-0.4, -0.2) is 51.5 Å². The van der Waals surface area contributed by atoms with Gasteiger partial charge in [0.05, 0.1) is 18.1 Å². The standard InChI is InChI=1S/C19H30N2O4S/c1-3-5-7-16(4-2)15-20-19(22)17-8-6-9-18(14-17)26(23,24)21-10-12-25-13-11-21/h6,8-9,14,16H,3-5,7,10-13,15H2,1-2H3,(H,20,22)/t16-/m1/s1. The van der Waals surface area contributed by atoms with Gasteiger partial charge in [0.25, 0.3) is 5.91 Å².